The molecule has 2 aliphatic rings. The fourth-order valence-electron chi connectivity index (χ4n) is 3.56. The SMILES string of the molecule is O=C(c1nn2c(c1Cl)N[C@@H](c1ccc(Br)cc1)C[C@@H]2C(F)(F)F)N1CCOCC1. The zero-order valence-electron chi connectivity index (χ0n) is 15.0. The first kappa shape index (κ1) is 20.5. The lowest BCUT2D eigenvalue weighted by Crippen LogP contribution is -2.41. The van der Waals surface area contributed by atoms with E-state index in [4.69, 9.17) is 16.3 Å². The summed E-state index contributed by atoms with van der Waals surface area (Å²) in [6, 6.07) is 4.50. The summed E-state index contributed by atoms with van der Waals surface area (Å²) in [6.07, 6.45) is -4.81. The normalized spacial score (nSPS) is 22.2. The second-order valence-corrected chi connectivity index (χ2v) is 8.20. The monoisotopic (exact) mass is 492 g/mol. The Morgan fingerprint density at radius 2 is 1.90 bits per heavy atom. The molecule has 0 saturated carbocycles. The number of aromatic nitrogens is 2. The number of ether oxygens (including phenoxy) is 1. The van der Waals surface area contributed by atoms with Crippen LogP contribution in [-0.2, 0) is 4.74 Å². The summed E-state index contributed by atoms with van der Waals surface area (Å²) in [7, 11) is 0. The van der Waals surface area contributed by atoms with Gasteiger partial charge in [-0.1, -0.05) is 39.7 Å². The largest absolute Gasteiger partial charge is 0.410 e. The Bertz CT molecular complexity index is 913. The zero-order chi connectivity index (χ0) is 20.8. The van der Waals surface area contributed by atoms with Crippen molar-refractivity contribution >= 4 is 39.3 Å². The molecule has 1 amide bonds. The molecule has 2 atom stereocenters. The third-order valence-corrected chi connectivity index (χ3v) is 5.96. The van der Waals surface area contributed by atoms with Crippen molar-refractivity contribution in [2.75, 3.05) is 31.6 Å². The predicted molar refractivity (Wildman–Crippen MR) is 104 cm³/mol. The fraction of sp³-hybridized carbons (Fsp3) is 0.444. The smallest absolute Gasteiger partial charge is 0.378 e. The number of fused-ring (bicyclic) bond motifs is 1. The Hall–Kier alpha value is -1.78. The van der Waals surface area contributed by atoms with E-state index in [2.05, 4.69) is 26.3 Å². The second-order valence-electron chi connectivity index (χ2n) is 6.90. The number of anilines is 1. The third kappa shape index (κ3) is 3.97. The molecule has 156 valence electrons. The number of rotatable bonds is 2. The van der Waals surface area contributed by atoms with Gasteiger partial charge in [-0.3, -0.25) is 4.79 Å². The average molecular weight is 494 g/mol. The number of halogens is 5. The summed E-state index contributed by atoms with van der Waals surface area (Å²) < 4.78 is 48.3. The molecule has 3 heterocycles. The Morgan fingerprint density at radius 3 is 2.52 bits per heavy atom. The van der Waals surface area contributed by atoms with E-state index >= 15 is 0 Å². The van der Waals surface area contributed by atoms with Crippen molar-refractivity contribution in [2.45, 2.75) is 24.7 Å². The minimum atomic E-state index is -4.54. The maximum absolute atomic E-state index is 13.8. The van der Waals surface area contributed by atoms with Crippen LogP contribution >= 0.6 is 27.5 Å². The van der Waals surface area contributed by atoms with Gasteiger partial charge in [0.05, 0.1) is 19.3 Å². The summed E-state index contributed by atoms with van der Waals surface area (Å²) in [5.74, 6) is -0.493. The molecular formula is C18H17BrClF3N4O2. The minimum Gasteiger partial charge on any atom is -0.378 e. The minimum absolute atomic E-state index is 0.00442. The van der Waals surface area contributed by atoms with E-state index < -0.39 is 24.2 Å². The molecule has 0 spiro atoms. The first-order chi connectivity index (χ1) is 13.8. The molecule has 29 heavy (non-hydrogen) atoms. The molecule has 1 aromatic carbocycles. The highest BCUT2D eigenvalue weighted by Crippen LogP contribution is 2.46. The Morgan fingerprint density at radius 1 is 1.24 bits per heavy atom. The highest BCUT2D eigenvalue weighted by molar-refractivity contribution is 9.10. The predicted octanol–water partition coefficient (Wildman–Crippen LogP) is 4.43. The lowest BCUT2D eigenvalue weighted by molar-refractivity contribution is -0.173. The molecule has 4 rings (SSSR count). The zero-order valence-corrected chi connectivity index (χ0v) is 17.4. The quantitative estimate of drug-likeness (QED) is 0.672. The third-order valence-electron chi connectivity index (χ3n) is 5.07. The molecule has 1 N–H and O–H groups in total. The fourth-order valence-corrected chi connectivity index (χ4v) is 4.08. The number of nitrogens with zero attached hydrogens (tertiary/aromatic N) is 3. The van der Waals surface area contributed by atoms with E-state index in [1.807, 2.05) is 0 Å². The van der Waals surface area contributed by atoms with Gasteiger partial charge >= 0.3 is 6.18 Å². The van der Waals surface area contributed by atoms with Gasteiger partial charge in [-0.05, 0) is 17.7 Å². The highest BCUT2D eigenvalue weighted by atomic mass is 79.9. The molecule has 1 aromatic heterocycles. The number of hydrogen-bond acceptors (Lipinski definition) is 4. The summed E-state index contributed by atoms with van der Waals surface area (Å²) in [6.45, 7) is 1.42. The number of alkyl halides is 3. The summed E-state index contributed by atoms with van der Waals surface area (Å²) in [5, 5.41) is 6.92. The van der Waals surface area contributed by atoms with Gasteiger partial charge in [0.25, 0.3) is 5.91 Å². The van der Waals surface area contributed by atoms with Crippen molar-refractivity contribution in [2.24, 2.45) is 0 Å². The molecular weight excluding hydrogens is 477 g/mol. The molecule has 2 aromatic rings. The number of amides is 1. The van der Waals surface area contributed by atoms with Crippen molar-refractivity contribution in [3.8, 4) is 0 Å². The topological polar surface area (TPSA) is 59.4 Å². The Balaban J connectivity index is 1.71. The standard InChI is InChI=1S/C18H17BrClF3N4O2/c19-11-3-1-10(2-4-11)12-9-13(18(21,22)23)27-16(24-12)14(20)15(25-27)17(28)26-5-7-29-8-6-26/h1-4,12-13,24H,5-9H2/t12-,13-/m1/s1. The molecule has 0 radical (unpaired) electrons. The molecule has 0 bridgehead atoms. The molecule has 2 aliphatic heterocycles. The van der Waals surface area contributed by atoms with Gasteiger partial charge in [0.1, 0.15) is 10.8 Å². The second kappa shape index (κ2) is 7.81. The Kier molecular flexibility index (Phi) is 5.52. The highest BCUT2D eigenvalue weighted by Gasteiger charge is 2.48. The van der Waals surface area contributed by atoms with Crippen molar-refractivity contribution in [3.63, 3.8) is 0 Å². The number of carbonyl (C=O) groups is 1. The van der Waals surface area contributed by atoms with E-state index in [9.17, 15) is 18.0 Å². The van der Waals surface area contributed by atoms with Crippen molar-refractivity contribution in [3.05, 3.63) is 45.0 Å². The van der Waals surface area contributed by atoms with E-state index in [1.54, 1.807) is 24.3 Å². The molecule has 0 aliphatic carbocycles. The average Bonchev–Trinajstić information content (AvgIpc) is 3.04. The van der Waals surface area contributed by atoms with Gasteiger partial charge < -0.3 is 15.0 Å². The maximum atomic E-state index is 13.8. The first-order valence-corrected chi connectivity index (χ1v) is 10.2. The van der Waals surface area contributed by atoms with Crippen LogP contribution in [0.2, 0.25) is 5.02 Å². The summed E-state index contributed by atoms with van der Waals surface area (Å²) >= 11 is 9.67. The molecule has 1 saturated heterocycles. The first-order valence-electron chi connectivity index (χ1n) is 8.99. The molecule has 1 fully saturated rings. The summed E-state index contributed by atoms with van der Waals surface area (Å²) in [5.41, 5.74) is 0.508. The van der Waals surface area contributed by atoms with E-state index in [0.29, 0.717) is 31.9 Å². The van der Waals surface area contributed by atoms with Crippen LogP contribution in [0.5, 0.6) is 0 Å². The van der Waals surface area contributed by atoms with Gasteiger partial charge in [-0.2, -0.15) is 18.3 Å². The van der Waals surface area contributed by atoms with Gasteiger partial charge in [-0.15, -0.1) is 0 Å². The van der Waals surface area contributed by atoms with Crippen LogP contribution in [-0.4, -0.2) is 53.1 Å². The van der Waals surface area contributed by atoms with E-state index in [-0.39, 0.29) is 23.0 Å². The van der Waals surface area contributed by atoms with Gasteiger partial charge in [0.2, 0.25) is 0 Å². The van der Waals surface area contributed by atoms with Crippen LogP contribution in [0.3, 0.4) is 0 Å². The number of morpholine rings is 1. The van der Waals surface area contributed by atoms with Crippen LogP contribution in [0.25, 0.3) is 0 Å². The number of nitrogens with one attached hydrogen (secondary N) is 1. The van der Waals surface area contributed by atoms with Crippen molar-refractivity contribution in [1.82, 2.24) is 14.7 Å². The lowest BCUT2D eigenvalue weighted by Gasteiger charge is -2.33. The number of carbonyl (C=O) groups excluding carboxylic acids is 1. The van der Waals surface area contributed by atoms with Crippen molar-refractivity contribution < 1.29 is 22.7 Å². The molecule has 11 heteroatoms. The van der Waals surface area contributed by atoms with Crippen LogP contribution in [0.4, 0.5) is 19.0 Å². The van der Waals surface area contributed by atoms with Gasteiger partial charge in [0, 0.05) is 24.0 Å². The maximum Gasteiger partial charge on any atom is 0.410 e. The van der Waals surface area contributed by atoms with Crippen molar-refractivity contribution in [1.29, 1.82) is 0 Å². The molecule has 0 unspecified atom stereocenters. The van der Waals surface area contributed by atoms with Gasteiger partial charge in [-0.25, -0.2) is 4.68 Å². The number of benzene rings is 1. The van der Waals surface area contributed by atoms with Crippen LogP contribution < -0.4 is 5.32 Å². The number of hydrogen-bond donors (Lipinski definition) is 1. The van der Waals surface area contributed by atoms with Gasteiger partial charge in [0.15, 0.2) is 11.7 Å². The molecule has 6 nitrogen and oxygen atoms in total. The van der Waals surface area contributed by atoms with E-state index in [1.165, 1.54) is 4.90 Å². The summed E-state index contributed by atoms with van der Waals surface area (Å²) in [4.78, 5) is 14.3. The lowest BCUT2D eigenvalue weighted by atomic mass is 9.97. The Labute approximate surface area is 178 Å². The van der Waals surface area contributed by atoms with Crippen LogP contribution in [0.1, 0.15) is 34.6 Å². The van der Waals surface area contributed by atoms with Crippen LogP contribution in [0.15, 0.2) is 28.7 Å². The van der Waals surface area contributed by atoms with E-state index in [0.717, 1.165) is 9.15 Å². The van der Waals surface area contributed by atoms with Crippen LogP contribution in [0, 0.1) is 0 Å².